The van der Waals surface area contributed by atoms with Gasteiger partial charge in [0.1, 0.15) is 12.4 Å². The lowest BCUT2D eigenvalue weighted by Gasteiger charge is -2.19. The predicted octanol–water partition coefficient (Wildman–Crippen LogP) is 3.83. The summed E-state index contributed by atoms with van der Waals surface area (Å²) >= 11 is 12.0. The van der Waals surface area contributed by atoms with Crippen molar-refractivity contribution in [1.82, 2.24) is 9.62 Å². The number of likely N-dealkylation sites (N-methyl/N-ethyl adjacent to an activating group) is 1. The van der Waals surface area contributed by atoms with E-state index in [-0.39, 0.29) is 34.7 Å². The van der Waals surface area contributed by atoms with Gasteiger partial charge in [0.05, 0.1) is 22.0 Å². The van der Waals surface area contributed by atoms with E-state index >= 15 is 0 Å². The summed E-state index contributed by atoms with van der Waals surface area (Å²) in [5, 5.41) is 0.734. The van der Waals surface area contributed by atoms with Gasteiger partial charge in [-0.15, -0.1) is 0 Å². The van der Waals surface area contributed by atoms with Crippen molar-refractivity contribution in [1.29, 1.82) is 0 Å². The zero-order valence-electron chi connectivity index (χ0n) is 15.8. The monoisotopic (exact) mass is 444 g/mol. The Morgan fingerprint density at radius 3 is 2.54 bits per heavy atom. The quantitative estimate of drug-likeness (QED) is 0.670. The minimum atomic E-state index is -3.73. The molecule has 0 spiro atoms. The van der Waals surface area contributed by atoms with E-state index in [1.54, 1.807) is 45.2 Å². The van der Waals surface area contributed by atoms with Crippen LogP contribution >= 0.6 is 23.2 Å². The van der Waals surface area contributed by atoms with Crippen LogP contribution in [0.15, 0.2) is 47.4 Å². The largest absolute Gasteiger partial charge is 0.492 e. The molecule has 6 nitrogen and oxygen atoms in total. The number of ether oxygens (including phenoxy) is 1. The van der Waals surface area contributed by atoms with Crippen LogP contribution in [0.25, 0.3) is 0 Å². The highest BCUT2D eigenvalue weighted by Gasteiger charge is 2.21. The third kappa shape index (κ3) is 6.10. The highest BCUT2D eigenvalue weighted by Crippen LogP contribution is 2.22. The third-order valence-corrected chi connectivity index (χ3v) is 5.93. The highest BCUT2D eigenvalue weighted by molar-refractivity contribution is 7.89. The molecule has 0 saturated carbocycles. The summed E-state index contributed by atoms with van der Waals surface area (Å²) in [5.41, 5.74) is 0.110. The van der Waals surface area contributed by atoms with Gasteiger partial charge in [-0.2, -0.15) is 0 Å². The fourth-order valence-corrected chi connectivity index (χ4v) is 4.03. The molecule has 0 fully saturated rings. The number of rotatable bonds is 8. The smallest absolute Gasteiger partial charge is 0.255 e. The molecule has 2 aromatic rings. The van der Waals surface area contributed by atoms with Crippen LogP contribution in [-0.4, -0.2) is 45.5 Å². The Balaban J connectivity index is 2.08. The number of nitrogens with one attached hydrogen (secondary N) is 1. The van der Waals surface area contributed by atoms with E-state index in [2.05, 4.69) is 4.72 Å². The second kappa shape index (κ2) is 9.60. The van der Waals surface area contributed by atoms with E-state index in [4.69, 9.17) is 27.9 Å². The molecule has 0 aromatic heterocycles. The van der Waals surface area contributed by atoms with Crippen LogP contribution < -0.4 is 9.46 Å². The Morgan fingerprint density at radius 1 is 1.18 bits per heavy atom. The van der Waals surface area contributed by atoms with Gasteiger partial charge in [-0.05, 0) is 50.2 Å². The van der Waals surface area contributed by atoms with Crippen molar-refractivity contribution in [3.05, 3.63) is 58.1 Å². The summed E-state index contributed by atoms with van der Waals surface area (Å²) in [4.78, 5) is 14.1. The summed E-state index contributed by atoms with van der Waals surface area (Å²) in [7, 11) is -2.14. The molecule has 0 heterocycles. The van der Waals surface area contributed by atoms with Gasteiger partial charge in [-0.3, -0.25) is 4.79 Å². The molecule has 9 heteroatoms. The van der Waals surface area contributed by atoms with Crippen molar-refractivity contribution >= 4 is 39.1 Å². The maximum atomic E-state index is 12.7. The summed E-state index contributed by atoms with van der Waals surface area (Å²) in [6.45, 7) is 3.95. The minimum absolute atomic E-state index is 0.0162. The third-order valence-electron chi connectivity index (χ3n) is 3.71. The molecule has 0 aliphatic heterocycles. The van der Waals surface area contributed by atoms with E-state index in [0.717, 1.165) is 0 Å². The van der Waals surface area contributed by atoms with E-state index in [0.29, 0.717) is 10.8 Å². The van der Waals surface area contributed by atoms with Crippen molar-refractivity contribution in [3.8, 4) is 5.75 Å². The SMILES string of the molecule is CC(C)NS(=O)(=O)c1ccc(Cl)c(C(=O)N(C)CCOc2cccc(Cl)c2)c1. The van der Waals surface area contributed by atoms with Crippen LogP contribution in [0.4, 0.5) is 0 Å². The molecular weight excluding hydrogens is 423 g/mol. The Labute approximate surface area is 175 Å². The van der Waals surface area contributed by atoms with Gasteiger partial charge in [-0.1, -0.05) is 29.3 Å². The lowest BCUT2D eigenvalue weighted by atomic mass is 10.2. The summed E-state index contributed by atoms with van der Waals surface area (Å²) in [5.74, 6) is 0.195. The fourth-order valence-electron chi connectivity index (χ4n) is 2.38. The van der Waals surface area contributed by atoms with Crippen molar-refractivity contribution in [2.24, 2.45) is 0 Å². The summed E-state index contributed by atoms with van der Waals surface area (Å²) in [6.07, 6.45) is 0. The van der Waals surface area contributed by atoms with Crippen LogP contribution in [-0.2, 0) is 10.0 Å². The normalized spacial score (nSPS) is 11.5. The first-order chi connectivity index (χ1) is 13.1. The molecule has 2 rings (SSSR count). The molecule has 152 valence electrons. The molecule has 0 unspecified atom stereocenters. The standard InChI is InChI=1S/C19H22Cl2N2O4S/c1-13(2)22-28(25,26)16-7-8-18(21)17(12-16)19(24)23(3)9-10-27-15-6-4-5-14(20)11-15/h4-8,11-13,22H,9-10H2,1-3H3. The van der Waals surface area contributed by atoms with Crippen LogP contribution in [0.1, 0.15) is 24.2 Å². The maximum Gasteiger partial charge on any atom is 0.255 e. The van der Waals surface area contributed by atoms with Crippen molar-refractivity contribution in [2.45, 2.75) is 24.8 Å². The van der Waals surface area contributed by atoms with Gasteiger partial charge in [0.25, 0.3) is 5.91 Å². The zero-order valence-corrected chi connectivity index (χ0v) is 18.1. The number of halogens is 2. The number of benzene rings is 2. The molecule has 0 aliphatic rings. The van der Waals surface area contributed by atoms with Crippen molar-refractivity contribution < 1.29 is 17.9 Å². The Hall–Kier alpha value is -1.80. The van der Waals surface area contributed by atoms with Gasteiger partial charge in [-0.25, -0.2) is 13.1 Å². The Bertz CT molecular complexity index is 949. The van der Waals surface area contributed by atoms with Crippen molar-refractivity contribution in [3.63, 3.8) is 0 Å². The first kappa shape index (κ1) is 22.5. The van der Waals surface area contributed by atoms with E-state index in [9.17, 15) is 13.2 Å². The van der Waals surface area contributed by atoms with Gasteiger partial charge >= 0.3 is 0 Å². The number of amides is 1. The second-order valence-corrected chi connectivity index (χ2v) is 9.01. The van der Waals surface area contributed by atoms with E-state index < -0.39 is 15.9 Å². The number of hydrogen-bond acceptors (Lipinski definition) is 4. The molecule has 0 atom stereocenters. The van der Waals surface area contributed by atoms with Gasteiger partial charge in [0, 0.05) is 18.1 Å². The molecule has 1 amide bonds. The van der Waals surface area contributed by atoms with Crippen LogP contribution in [0.3, 0.4) is 0 Å². The fraction of sp³-hybridized carbons (Fsp3) is 0.316. The summed E-state index contributed by atoms with van der Waals surface area (Å²) in [6, 6.07) is 10.7. The van der Waals surface area contributed by atoms with Gasteiger partial charge in [0.15, 0.2) is 0 Å². The second-order valence-electron chi connectivity index (χ2n) is 6.45. The van der Waals surface area contributed by atoms with E-state index in [1.807, 2.05) is 0 Å². The van der Waals surface area contributed by atoms with Gasteiger partial charge in [0.2, 0.25) is 10.0 Å². The first-order valence-corrected chi connectivity index (χ1v) is 10.8. The predicted molar refractivity (Wildman–Crippen MR) is 111 cm³/mol. The number of carbonyl (C=O) groups is 1. The number of sulfonamides is 1. The molecule has 2 aromatic carbocycles. The average Bonchev–Trinajstić information content (AvgIpc) is 2.60. The molecule has 0 aliphatic carbocycles. The molecule has 0 radical (unpaired) electrons. The topological polar surface area (TPSA) is 75.7 Å². The zero-order chi connectivity index (χ0) is 20.9. The molecule has 0 bridgehead atoms. The number of nitrogens with zero attached hydrogens (tertiary/aromatic N) is 1. The average molecular weight is 445 g/mol. The Kier molecular flexibility index (Phi) is 7.71. The Morgan fingerprint density at radius 2 is 1.89 bits per heavy atom. The van der Waals surface area contributed by atoms with Crippen LogP contribution in [0.2, 0.25) is 10.0 Å². The number of hydrogen-bond donors (Lipinski definition) is 1. The lowest BCUT2D eigenvalue weighted by molar-refractivity contribution is 0.0773. The maximum absolute atomic E-state index is 12.7. The molecule has 0 saturated heterocycles. The summed E-state index contributed by atoms with van der Waals surface area (Å²) < 4.78 is 32.7. The van der Waals surface area contributed by atoms with E-state index in [1.165, 1.54) is 23.1 Å². The molecular formula is C19H22Cl2N2O4S. The highest BCUT2D eigenvalue weighted by atomic mass is 35.5. The number of carbonyl (C=O) groups excluding carboxylic acids is 1. The minimum Gasteiger partial charge on any atom is -0.492 e. The molecule has 28 heavy (non-hydrogen) atoms. The van der Waals surface area contributed by atoms with Gasteiger partial charge < -0.3 is 9.64 Å². The van der Waals surface area contributed by atoms with Crippen LogP contribution in [0, 0.1) is 0 Å². The van der Waals surface area contributed by atoms with Crippen molar-refractivity contribution in [2.75, 3.05) is 20.2 Å². The molecule has 1 N–H and O–H groups in total. The first-order valence-electron chi connectivity index (χ1n) is 8.56. The lowest BCUT2D eigenvalue weighted by Crippen LogP contribution is -2.32. The van der Waals surface area contributed by atoms with Crippen LogP contribution in [0.5, 0.6) is 5.75 Å².